The first-order valence-electron chi connectivity index (χ1n) is 9.21. The van der Waals surface area contributed by atoms with Gasteiger partial charge in [0.1, 0.15) is 5.82 Å². The summed E-state index contributed by atoms with van der Waals surface area (Å²) in [4.78, 5) is 21.3. The lowest BCUT2D eigenvalue weighted by Gasteiger charge is -2.19. The Balaban J connectivity index is 1.35. The van der Waals surface area contributed by atoms with E-state index in [2.05, 4.69) is 15.0 Å². The normalized spacial score (nSPS) is 18.8. The van der Waals surface area contributed by atoms with Crippen molar-refractivity contribution in [1.82, 2.24) is 14.8 Å². The van der Waals surface area contributed by atoms with Crippen molar-refractivity contribution in [2.75, 3.05) is 22.9 Å². The molecule has 142 valence electrons. The molecule has 0 spiro atoms. The highest BCUT2D eigenvalue weighted by atomic mass is 35.5. The van der Waals surface area contributed by atoms with Gasteiger partial charge in [0.15, 0.2) is 5.69 Å². The van der Waals surface area contributed by atoms with Crippen LogP contribution in [0.4, 0.5) is 11.5 Å². The van der Waals surface area contributed by atoms with Crippen LogP contribution < -0.4 is 15.5 Å². The molecule has 4 heterocycles. The van der Waals surface area contributed by atoms with E-state index in [9.17, 15) is 4.79 Å². The number of halogens is 1. The van der Waals surface area contributed by atoms with Crippen molar-refractivity contribution in [3.63, 3.8) is 0 Å². The van der Waals surface area contributed by atoms with Crippen molar-refractivity contribution in [2.24, 2.45) is 5.73 Å². The van der Waals surface area contributed by atoms with Crippen LogP contribution in [0.1, 0.15) is 22.5 Å². The third kappa shape index (κ3) is 2.93. The lowest BCUT2D eigenvalue weighted by atomic mass is 10.3. The first-order valence-corrected chi connectivity index (χ1v) is 9.59. The van der Waals surface area contributed by atoms with E-state index in [-0.39, 0.29) is 11.9 Å². The number of benzene rings is 1. The summed E-state index contributed by atoms with van der Waals surface area (Å²) in [6.45, 7) is 2.22. The second-order valence-electron chi connectivity index (χ2n) is 7.18. The average Bonchev–Trinajstić information content (AvgIpc) is 3.39. The van der Waals surface area contributed by atoms with Crippen LogP contribution in [0.25, 0.3) is 5.69 Å². The molecule has 8 heteroatoms. The maximum absolute atomic E-state index is 12.9. The van der Waals surface area contributed by atoms with Crippen LogP contribution in [0.2, 0.25) is 5.02 Å². The molecule has 3 aromatic rings. The minimum Gasteiger partial charge on any atom is -0.355 e. The minimum atomic E-state index is -0.111. The van der Waals surface area contributed by atoms with E-state index in [1.54, 1.807) is 27.9 Å². The Bertz CT molecular complexity index is 1030. The fourth-order valence-corrected chi connectivity index (χ4v) is 3.86. The lowest BCUT2D eigenvalue weighted by Crippen LogP contribution is -2.27. The molecule has 0 bridgehead atoms. The summed E-state index contributed by atoms with van der Waals surface area (Å²) in [5.41, 5.74) is 8.98. The number of nitrogens with two attached hydrogens (primary N) is 1. The zero-order chi connectivity index (χ0) is 19.3. The molecular formula is C20H19ClN6O. The molecule has 1 aromatic carbocycles. The number of carbonyl (C=O) groups excluding carboxylic acids is 1. The molecule has 0 saturated carbocycles. The molecule has 0 radical (unpaired) electrons. The van der Waals surface area contributed by atoms with Crippen LogP contribution in [0.5, 0.6) is 0 Å². The van der Waals surface area contributed by atoms with Crippen LogP contribution in [0, 0.1) is 0 Å². The molecule has 7 nitrogen and oxygen atoms in total. The molecule has 0 aliphatic carbocycles. The van der Waals surface area contributed by atoms with Crippen molar-refractivity contribution in [1.29, 1.82) is 0 Å². The Morgan fingerprint density at radius 3 is 2.54 bits per heavy atom. The largest absolute Gasteiger partial charge is 0.355 e. The van der Waals surface area contributed by atoms with Gasteiger partial charge in [-0.2, -0.15) is 5.10 Å². The van der Waals surface area contributed by atoms with Gasteiger partial charge in [0, 0.05) is 35.9 Å². The highest BCUT2D eigenvalue weighted by Gasteiger charge is 2.32. The summed E-state index contributed by atoms with van der Waals surface area (Å²) >= 11 is 5.94. The quantitative estimate of drug-likeness (QED) is 0.738. The second-order valence-corrected chi connectivity index (χ2v) is 7.62. The summed E-state index contributed by atoms with van der Waals surface area (Å²) in [6, 6.07) is 11.4. The van der Waals surface area contributed by atoms with Gasteiger partial charge in [-0.3, -0.25) is 4.79 Å². The SMILES string of the molecule is N[C@H]1CCN(c2ccc(N3Cc4cn(-c5ccc(Cl)cc5)nc4C3=O)cn2)C1. The number of amides is 1. The van der Waals surface area contributed by atoms with Gasteiger partial charge in [0.2, 0.25) is 0 Å². The summed E-state index contributed by atoms with van der Waals surface area (Å²) in [5.74, 6) is 0.787. The number of carbonyl (C=O) groups is 1. The van der Waals surface area contributed by atoms with Gasteiger partial charge in [-0.25, -0.2) is 9.67 Å². The number of hydrogen-bond acceptors (Lipinski definition) is 5. The van der Waals surface area contributed by atoms with Crippen LogP contribution in [-0.4, -0.2) is 39.8 Å². The molecule has 1 fully saturated rings. The van der Waals surface area contributed by atoms with E-state index < -0.39 is 0 Å². The van der Waals surface area contributed by atoms with Gasteiger partial charge in [-0.05, 0) is 42.8 Å². The molecule has 5 rings (SSSR count). The number of rotatable bonds is 3. The van der Waals surface area contributed by atoms with E-state index in [1.807, 2.05) is 30.5 Å². The Labute approximate surface area is 167 Å². The summed E-state index contributed by atoms with van der Waals surface area (Å²) in [5, 5.41) is 5.14. The number of fused-ring (bicyclic) bond motifs is 1. The van der Waals surface area contributed by atoms with Crippen molar-refractivity contribution in [3.8, 4) is 5.69 Å². The maximum atomic E-state index is 12.9. The third-order valence-electron chi connectivity index (χ3n) is 5.25. The van der Waals surface area contributed by atoms with Gasteiger partial charge in [0.05, 0.1) is 24.1 Å². The van der Waals surface area contributed by atoms with Gasteiger partial charge in [-0.15, -0.1) is 0 Å². The molecule has 1 atom stereocenters. The zero-order valence-electron chi connectivity index (χ0n) is 15.1. The fraction of sp³-hybridized carbons (Fsp3) is 0.250. The van der Waals surface area contributed by atoms with Gasteiger partial charge in [0.25, 0.3) is 5.91 Å². The van der Waals surface area contributed by atoms with Gasteiger partial charge >= 0.3 is 0 Å². The first-order chi connectivity index (χ1) is 13.6. The summed E-state index contributed by atoms with van der Waals surface area (Å²) in [7, 11) is 0. The highest BCUT2D eigenvalue weighted by Crippen LogP contribution is 2.29. The molecule has 2 N–H and O–H groups in total. The molecule has 2 aromatic heterocycles. The third-order valence-corrected chi connectivity index (χ3v) is 5.50. The lowest BCUT2D eigenvalue weighted by molar-refractivity contribution is 0.0991. The Morgan fingerprint density at radius 2 is 1.89 bits per heavy atom. The smallest absolute Gasteiger partial charge is 0.279 e. The van der Waals surface area contributed by atoms with Crippen molar-refractivity contribution in [3.05, 3.63) is 65.1 Å². The Hall–Kier alpha value is -2.90. The van der Waals surface area contributed by atoms with Crippen LogP contribution in [0.3, 0.4) is 0 Å². The van der Waals surface area contributed by atoms with E-state index in [1.165, 1.54) is 0 Å². The van der Waals surface area contributed by atoms with E-state index in [0.29, 0.717) is 17.3 Å². The zero-order valence-corrected chi connectivity index (χ0v) is 15.9. The first kappa shape index (κ1) is 17.2. The number of anilines is 2. The highest BCUT2D eigenvalue weighted by molar-refractivity contribution is 6.30. The molecule has 1 amide bonds. The standard InChI is InChI=1S/C20H19ClN6O/c21-14-1-3-16(4-2-14)27-11-13-10-26(20(28)19(13)24-27)17-5-6-18(23-9-17)25-8-7-15(22)12-25/h1-6,9,11,15H,7-8,10,12,22H2/t15-/m0/s1. The maximum Gasteiger partial charge on any atom is 0.279 e. The Morgan fingerprint density at radius 1 is 1.11 bits per heavy atom. The van der Waals surface area contributed by atoms with Crippen LogP contribution in [-0.2, 0) is 6.54 Å². The Kier molecular flexibility index (Phi) is 4.07. The molecule has 28 heavy (non-hydrogen) atoms. The molecule has 0 unspecified atom stereocenters. The number of hydrogen-bond donors (Lipinski definition) is 1. The van der Waals surface area contributed by atoms with E-state index in [4.69, 9.17) is 17.3 Å². The number of pyridine rings is 1. The predicted molar refractivity (Wildman–Crippen MR) is 108 cm³/mol. The van der Waals surface area contributed by atoms with Crippen LogP contribution >= 0.6 is 11.6 Å². The second kappa shape index (κ2) is 6.61. The minimum absolute atomic E-state index is 0.111. The van der Waals surface area contributed by atoms with E-state index in [0.717, 1.165) is 42.3 Å². The topological polar surface area (TPSA) is 80.3 Å². The van der Waals surface area contributed by atoms with Crippen LogP contribution in [0.15, 0.2) is 48.8 Å². The number of aromatic nitrogens is 3. The summed E-state index contributed by atoms with van der Waals surface area (Å²) in [6.07, 6.45) is 4.62. The molecule has 2 aliphatic heterocycles. The molecule has 2 aliphatic rings. The predicted octanol–water partition coefficient (Wildman–Crippen LogP) is 2.62. The molecule has 1 saturated heterocycles. The van der Waals surface area contributed by atoms with Gasteiger partial charge < -0.3 is 15.5 Å². The van der Waals surface area contributed by atoms with Crippen molar-refractivity contribution >= 4 is 29.0 Å². The van der Waals surface area contributed by atoms with Crippen molar-refractivity contribution in [2.45, 2.75) is 19.0 Å². The number of nitrogens with zero attached hydrogens (tertiary/aromatic N) is 5. The summed E-state index contributed by atoms with van der Waals surface area (Å²) < 4.78 is 1.72. The molecular weight excluding hydrogens is 376 g/mol. The fourth-order valence-electron chi connectivity index (χ4n) is 3.73. The van der Waals surface area contributed by atoms with Crippen molar-refractivity contribution < 1.29 is 4.79 Å². The monoisotopic (exact) mass is 394 g/mol. The van der Waals surface area contributed by atoms with Gasteiger partial charge in [-0.1, -0.05) is 11.6 Å². The average molecular weight is 395 g/mol. The van der Waals surface area contributed by atoms with E-state index >= 15 is 0 Å².